The number of likely N-dealkylation sites (N-methyl/N-ethyl adjacent to an activating group) is 1. The minimum atomic E-state index is 0.116. The van der Waals surface area contributed by atoms with Crippen LogP contribution in [0, 0.1) is 5.92 Å². The highest BCUT2D eigenvalue weighted by molar-refractivity contribution is 5.13. The van der Waals surface area contributed by atoms with Crippen molar-refractivity contribution in [1.29, 1.82) is 0 Å². The lowest BCUT2D eigenvalue weighted by Gasteiger charge is -2.35. The SMILES string of the molecule is CC(N)C(c1cnn(C)c1)N(C)C(C)C1CC1. The van der Waals surface area contributed by atoms with Gasteiger partial charge in [0.15, 0.2) is 0 Å². The summed E-state index contributed by atoms with van der Waals surface area (Å²) in [5.74, 6) is 0.859. The summed E-state index contributed by atoms with van der Waals surface area (Å²) in [6.07, 6.45) is 6.74. The lowest BCUT2D eigenvalue weighted by Crippen LogP contribution is -2.42. The van der Waals surface area contributed by atoms with E-state index in [1.807, 2.05) is 17.9 Å². The molecule has 4 nitrogen and oxygen atoms in total. The fourth-order valence-corrected chi connectivity index (χ4v) is 2.67. The van der Waals surface area contributed by atoms with E-state index in [0.717, 1.165) is 5.92 Å². The molecular formula is C13H24N4. The first-order chi connectivity index (χ1) is 8.00. The van der Waals surface area contributed by atoms with Gasteiger partial charge in [0.05, 0.1) is 12.2 Å². The fourth-order valence-electron chi connectivity index (χ4n) is 2.67. The van der Waals surface area contributed by atoms with E-state index in [2.05, 4.69) is 37.1 Å². The van der Waals surface area contributed by atoms with Gasteiger partial charge >= 0.3 is 0 Å². The summed E-state index contributed by atoms with van der Waals surface area (Å²) in [6.45, 7) is 4.39. The van der Waals surface area contributed by atoms with Gasteiger partial charge in [-0.25, -0.2) is 0 Å². The predicted octanol–water partition coefficient (Wildman–Crippen LogP) is 1.54. The number of rotatable bonds is 5. The third-order valence-electron chi connectivity index (χ3n) is 3.95. The monoisotopic (exact) mass is 236 g/mol. The van der Waals surface area contributed by atoms with Gasteiger partial charge in [-0.2, -0.15) is 5.10 Å². The summed E-state index contributed by atoms with van der Waals surface area (Å²) in [5, 5.41) is 4.26. The smallest absolute Gasteiger partial charge is 0.0538 e. The highest BCUT2D eigenvalue weighted by Crippen LogP contribution is 2.37. The van der Waals surface area contributed by atoms with Crippen LogP contribution < -0.4 is 5.73 Å². The van der Waals surface area contributed by atoms with E-state index in [9.17, 15) is 0 Å². The van der Waals surface area contributed by atoms with Crippen molar-refractivity contribution in [3.05, 3.63) is 18.0 Å². The maximum Gasteiger partial charge on any atom is 0.0538 e. The minimum absolute atomic E-state index is 0.116. The van der Waals surface area contributed by atoms with Crippen molar-refractivity contribution < 1.29 is 0 Å². The number of nitrogens with two attached hydrogens (primary N) is 1. The van der Waals surface area contributed by atoms with Gasteiger partial charge in [-0.05, 0) is 39.7 Å². The summed E-state index contributed by atoms with van der Waals surface area (Å²) >= 11 is 0. The van der Waals surface area contributed by atoms with Crippen molar-refractivity contribution in [2.75, 3.05) is 7.05 Å². The lowest BCUT2D eigenvalue weighted by molar-refractivity contribution is 0.149. The molecule has 17 heavy (non-hydrogen) atoms. The molecule has 1 aromatic rings. The number of nitrogens with zero attached hydrogens (tertiary/aromatic N) is 3. The predicted molar refractivity (Wildman–Crippen MR) is 69.5 cm³/mol. The molecule has 0 aromatic carbocycles. The molecule has 2 N–H and O–H groups in total. The minimum Gasteiger partial charge on any atom is -0.326 e. The zero-order chi connectivity index (χ0) is 12.6. The first kappa shape index (κ1) is 12.6. The van der Waals surface area contributed by atoms with E-state index in [1.165, 1.54) is 18.4 Å². The topological polar surface area (TPSA) is 47.1 Å². The van der Waals surface area contributed by atoms with Crippen LogP contribution in [0.2, 0.25) is 0 Å². The molecule has 0 spiro atoms. The van der Waals surface area contributed by atoms with E-state index < -0.39 is 0 Å². The largest absolute Gasteiger partial charge is 0.326 e. The first-order valence-electron chi connectivity index (χ1n) is 6.46. The van der Waals surface area contributed by atoms with Gasteiger partial charge in [0, 0.05) is 30.9 Å². The molecule has 3 unspecified atom stereocenters. The van der Waals surface area contributed by atoms with Gasteiger partial charge in [-0.3, -0.25) is 9.58 Å². The zero-order valence-corrected chi connectivity index (χ0v) is 11.3. The van der Waals surface area contributed by atoms with E-state index in [-0.39, 0.29) is 12.1 Å². The zero-order valence-electron chi connectivity index (χ0n) is 11.3. The summed E-state index contributed by atoms with van der Waals surface area (Å²) in [5.41, 5.74) is 7.38. The molecule has 1 heterocycles. The Kier molecular flexibility index (Phi) is 3.54. The molecule has 1 aliphatic carbocycles. The van der Waals surface area contributed by atoms with Gasteiger partial charge < -0.3 is 5.73 Å². The van der Waals surface area contributed by atoms with Crippen LogP contribution in [0.4, 0.5) is 0 Å². The average Bonchev–Trinajstić information content (AvgIpc) is 3.02. The fraction of sp³-hybridized carbons (Fsp3) is 0.769. The second kappa shape index (κ2) is 4.78. The Morgan fingerprint density at radius 1 is 1.47 bits per heavy atom. The standard InChI is InChI=1S/C13H24N4/c1-9(14)13(12-7-15-16(3)8-12)17(4)10(2)11-5-6-11/h7-11,13H,5-6,14H2,1-4H3. The average molecular weight is 236 g/mol. The van der Waals surface area contributed by atoms with Crippen LogP contribution in [-0.2, 0) is 7.05 Å². The second-order valence-electron chi connectivity index (χ2n) is 5.49. The van der Waals surface area contributed by atoms with Crippen molar-refractivity contribution >= 4 is 0 Å². The third kappa shape index (κ3) is 2.69. The quantitative estimate of drug-likeness (QED) is 0.843. The molecule has 3 atom stereocenters. The Morgan fingerprint density at radius 3 is 2.53 bits per heavy atom. The van der Waals surface area contributed by atoms with E-state index in [0.29, 0.717) is 6.04 Å². The molecule has 4 heteroatoms. The summed E-state index contributed by atoms with van der Waals surface area (Å²) in [4.78, 5) is 2.42. The Balaban J connectivity index is 2.16. The number of aryl methyl sites for hydroxylation is 1. The number of hydrogen-bond acceptors (Lipinski definition) is 3. The molecule has 0 bridgehead atoms. The van der Waals surface area contributed by atoms with E-state index >= 15 is 0 Å². The molecule has 2 rings (SSSR count). The molecular weight excluding hydrogens is 212 g/mol. The summed E-state index contributed by atoms with van der Waals surface area (Å²) in [7, 11) is 4.13. The molecule has 0 radical (unpaired) electrons. The molecule has 1 fully saturated rings. The van der Waals surface area contributed by atoms with Gasteiger partial charge in [-0.15, -0.1) is 0 Å². The lowest BCUT2D eigenvalue weighted by atomic mass is 10.0. The molecule has 1 saturated carbocycles. The van der Waals surface area contributed by atoms with Crippen molar-refractivity contribution in [3.8, 4) is 0 Å². The highest BCUT2D eigenvalue weighted by atomic mass is 15.3. The maximum atomic E-state index is 6.16. The second-order valence-corrected chi connectivity index (χ2v) is 5.49. The van der Waals surface area contributed by atoms with Crippen LogP contribution in [0.25, 0.3) is 0 Å². The summed E-state index contributed by atoms with van der Waals surface area (Å²) in [6, 6.07) is 0.982. The Labute approximate surface area is 104 Å². The van der Waals surface area contributed by atoms with Gasteiger partial charge in [0.2, 0.25) is 0 Å². The Bertz CT molecular complexity index is 367. The van der Waals surface area contributed by atoms with Gasteiger partial charge in [0.1, 0.15) is 0 Å². The normalized spacial score (nSPS) is 21.5. The number of hydrogen-bond donors (Lipinski definition) is 1. The Hall–Kier alpha value is -0.870. The highest BCUT2D eigenvalue weighted by Gasteiger charge is 2.35. The number of aromatic nitrogens is 2. The van der Waals surface area contributed by atoms with Crippen LogP contribution in [0.3, 0.4) is 0 Å². The molecule has 0 saturated heterocycles. The van der Waals surface area contributed by atoms with Crippen LogP contribution in [0.1, 0.15) is 38.3 Å². The molecule has 0 aliphatic heterocycles. The van der Waals surface area contributed by atoms with Crippen LogP contribution >= 0.6 is 0 Å². The molecule has 0 amide bonds. The van der Waals surface area contributed by atoms with Crippen LogP contribution in [0.15, 0.2) is 12.4 Å². The molecule has 96 valence electrons. The van der Waals surface area contributed by atoms with Crippen molar-refractivity contribution in [2.24, 2.45) is 18.7 Å². The van der Waals surface area contributed by atoms with Crippen molar-refractivity contribution in [3.63, 3.8) is 0 Å². The maximum absolute atomic E-state index is 6.16. The van der Waals surface area contributed by atoms with Crippen molar-refractivity contribution in [1.82, 2.24) is 14.7 Å². The van der Waals surface area contributed by atoms with E-state index in [4.69, 9.17) is 5.73 Å². The van der Waals surface area contributed by atoms with Gasteiger partial charge in [-0.1, -0.05) is 0 Å². The first-order valence-corrected chi connectivity index (χ1v) is 6.46. The molecule has 1 aliphatic rings. The molecule has 1 aromatic heterocycles. The van der Waals surface area contributed by atoms with Crippen LogP contribution in [-0.4, -0.2) is 33.8 Å². The van der Waals surface area contributed by atoms with Crippen molar-refractivity contribution in [2.45, 2.75) is 44.8 Å². The van der Waals surface area contributed by atoms with E-state index in [1.54, 1.807) is 0 Å². The van der Waals surface area contributed by atoms with Gasteiger partial charge in [0.25, 0.3) is 0 Å². The summed E-state index contributed by atoms with van der Waals surface area (Å²) < 4.78 is 1.85. The Morgan fingerprint density at radius 2 is 2.12 bits per heavy atom. The third-order valence-corrected chi connectivity index (χ3v) is 3.95. The van der Waals surface area contributed by atoms with Crippen LogP contribution in [0.5, 0.6) is 0 Å².